The van der Waals surface area contributed by atoms with Crippen molar-refractivity contribution in [1.29, 1.82) is 0 Å². The summed E-state index contributed by atoms with van der Waals surface area (Å²) >= 11 is 0. The van der Waals surface area contributed by atoms with Crippen LogP contribution in [0.15, 0.2) is 18.5 Å². The second kappa shape index (κ2) is 5.40. The van der Waals surface area contributed by atoms with Gasteiger partial charge in [-0.05, 0) is 6.92 Å². The number of halogens is 2. The van der Waals surface area contributed by atoms with Crippen LogP contribution in [0.4, 0.5) is 8.78 Å². The number of hydrogen-bond acceptors (Lipinski definition) is 3. The van der Waals surface area contributed by atoms with Crippen molar-refractivity contribution in [2.45, 2.75) is 19.6 Å². The monoisotopic (exact) mass is 295 g/mol. The average Bonchev–Trinajstić information content (AvgIpc) is 2.82. The zero-order valence-corrected chi connectivity index (χ0v) is 11.6. The molecule has 1 aromatic heterocycles. The third kappa shape index (κ3) is 2.73. The van der Waals surface area contributed by atoms with E-state index >= 15 is 0 Å². The van der Waals surface area contributed by atoms with Gasteiger partial charge < -0.3 is 14.2 Å². The Morgan fingerprint density at radius 1 is 1.43 bits per heavy atom. The molecule has 0 spiro atoms. The minimum absolute atomic E-state index is 0.00812. The Morgan fingerprint density at radius 3 is 2.95 bits per heavy atom. The van der Waals surface area contributed by atoms with E-state index in [2.05, 4.69) is 4.98 Å². The van der Waals surface area contributed by atoms with Gasteiger partial charge in [-0.3, -0.25) is 4.79 Å². The summed E-state index contributed by atoms with van der Waals surface area (Å²) in [5, 5.41) is 0. The lowest BCUT2D eigenvalue weighted by Gasteiger charge is -2.31. The zero-order chi connectivity index (χ0) is 15.0. The van der Waals surface area contributed by atoms with Gasteiger partial charge in [0.05, 0.1) is 30.1 Å². The quantitative estimate of drug-likeness (QED) is 0.845. The van der Waals surface area contributed by atoms with Crippen LogP contribution < -0.4 is 0 Å². The molecule has 1 atom stereocenters. The third-order valence-corrected chi connectivity index (χ3v) is 3.56. The Balaban J connectivity index is 1.81. The number of amides is 1. The van der Waals surface area contributed by atoms with Crippen molar-refractivity contribution < 1.29 is 18.3 Å². The largest absolute Gasteiger partial charge is 0.375 e. The van der Waals surface area contributed by atoms with Gasteiger partial charge in [-0.1, -0.05) is 0 Å². The topological polar surface area (TPSA) is 47.4 Å². The SMILES string of the molecule is CC1CN(C(=O)Cn2cnc3cc(F)c(F)cc32)CCO1. The maximum absolute atomic E-state index is 13.3. The molecule has 1 fully saturated rings. The van der Waals surface area contributed by atoms with E-state index in [-0.39, 0.29) is 18.6 Å². The first kappa shape index (κ1) is 13.9. The van der Waals surface area contributed by atoms with Crippen LogP contribution in [0.5, 0.6) is 0 Å². The smallest absolute Gasteiger partial charge is 0.242 e. The van der Waals surface area contributed by atoms with Crippen molar-refractivity contribution in [3.63, 3.8) is 0 Å². The fourth-order valence-electron chi connectivity index (χ4n) is 2.47. The molecular weight excluding hydrogens is 280 g/mol. The van der Waals surface area contributed by atoms with Crippen LogP contribution in [0.3, 0.4) is 0 Å². The number of rotatable bonds is 2. The number of ether oxygens (including phenoxy) is 1. The van der Waals surface area contributed by atoms with Crippen molar-refractivity contribution in [3.8, 4) is 0 Å². The van der Waals surface area contributed by atoms with Crippen molar-refractivity contribution in [2.24, 2.45) is 0 Å². The van der Waals surface area contributed by atoms with Crippen molar-refractivity contribution in [2.75, 3.05) is 19.7 Å². The molecule has 1 aromatic carbocycles. The summed E-state index contributed by atoms with van der Waals surface area (Å²) in [6, 6.07) is 2.09. The van der Waals surface area contributed by atoms with Gasteiger partial charge in [0.15, 0.2) is 11.6 Å². The third-order valence-electron chi connectivity index (χ3n) is 3.56. The molecule has 2 heterocycles. The number of imidazole rings is 1. The highest BCUT2D eigenvalue weighted by Gasteiger charge is 2.22. The molecule has 0 N–H and O–H groups in total. The van der Waals surface area contributed by atoms with E-state index in [0.717, 1.165) is 12.1 Å². The Kier molecular flexibility index (Phi) is 3.59. The lowest BCUT2D eigenvalue weighted by molar-refractivity contribution is -0.138. The number of nitrogens with zero attached hydrogens (tertiary/aromatic N) is 3. The van der Waals surface area contributed by atoms with Gasteiger partial charge in [-0.15, -0.1) is 0 Å². The Morgan fingerprint density at radius 2 is 2.19 bits per heavy atom. The van der Waals surface area contributed by atoms with E-state index in [1.54, 1.807) is 4.90 Å². The first-order valence-electron chi connectivity index (χ1n) is 6.74. The van der Waals surface area contributed by atoms with Crippen molar-refractivity contribution >= 4 is 16.9 Å². The number of morpholine rings is 1. The number of aromatic nitrogens is 2. The van der Waals surface area contributed by atoms with E-state index in [0.29, 0.717) is 30.7 Å². The van der Waals surface area contributed by atoms with Crippen molar-refractivity contribution in [1.82, 2.24) is 14.5 Å². The van der Waals surface area contributed by atoms with Gasteiger partial charge in [-0.2, -0.15) is 0 Å². The molecule has 1 aliphatic heterocycles. The summed E-state index contributed by atoms with van der Waals surface area (Å²) in [5.41, 5.74) is 0.737. The molecule has 0 aliphatic carbocycles. The van der Waals surface area contributed by atoms with Gasteiger partial charge in [0, 0.05) is 25.2 Å². The molecular formula is C14H15F2N3O2. The van der Waals surface area contributed by atoms with E-state index in [4.69, 9.17) is 4.74 Å². The van der Waals surface area contributed by atoms with Crippen LogP contribution in [0, 0.1) is 11.6 Å². The number of carbonyl (C=O) groups is 1. The van der Waals surface area contributed by atoms with Crippen LogP contribution in [0.1, 0.15) is 6.92 Å². The maximum atomic E-state index is 13.3. The van der Waals surface area contributed by atoms with Crippen molar-refractivity contribution in [3.05, 3.63) is 30.1 Å². The summed E-state index contributed by atoms with van der Waals surface area (Å²) in [6.45, 7) is 3.54. The summed E-state index contributed by atoms with van der Waals surface area (Å²) in [4.78, 5) is 18.0. The summed E-state index contributed by atoms with van der Waals surface area (Å²) < 4.78 is 33.4. The highest BCUT2D eigenvalue weighted by Crippen LogP contribution is 2.18. The molecule has 112 valence electrons. The standard InChI is InChI=1S/C14H15F2N3O2/c1-9-6-18(2-3-21-9)14(20)7-19-8-17-12-4-10(15)11(16)5-13(12)19/h4-5,8-9H,2-3,6-7H2,1H3. The molecule has 7 heteroatoms. The van der Waals surface area contributed by atoms with Crippen LogP contribution in [0.25, 0.3) is 11.0 Å². The van der Waals surface area contributed by atoms with Gasteiger partial charge >= 0.3 is 0 Å². The molecule has 0 bridgehead atoms. The summed E-state index contributed by atoms with van der Waals surface area (Å²) in [7, 11) is 0. The maximum Gasteiger partial charge on any atom is 0.242 e. The van der Waals surface area contributed by atoms with Gasteiger partial charge in [-0.25, -0.2) is 13.8 Å². The zero-order valence-electron chi connectivity index (χ0n) is 11.6. The minimum atomic E-state index is -0.948. The number of fused-ring (bicyclic) bond motifs is 1. The molecule has 0 radical (unpaired) electrons. The molecule has 1 amide bonds. The van der Waals surface area contributed by atoms with Crippen LogP contribution >= 0.6 is 0 Å². The molecule has 1 aliphatic rings. The van der Waals surface area contributed by atoms with Gasteiger partial charge in [0.1, 0.15) is 6.54 Å². The van der Waals surface area contributed by atoms with E-state index in [1.807, 2.05) is 6.92 Å². The predicted octanol–water partition coefficient (Wildman–Crippen LogP) is 1.56. The number of hydrogen-bond donors (Lipinski definition) is 0. The first-order valence-corrected chi connectivity index (χ1v) is 6.74. The normalized spacial score (nSPS) is 19.2. The molecule has 5 nitrogen and oxygen atoms in total. The number of carbonyl (C=O) groups excluding carboxylic acids is 1. The molecule has 1 unspecified atom stereocenters. The minimum Gasteiger partial charge on any atom is -0.375 e. The number of benzene rings is 1. The lowest BCUT2D eigenvalue weighted by Crippen LogP contribution is -2.45. The van der Waals surface area contributed by atoms with Crippen LogP contribution in [0.2, 0.25) is 0 Å². The van der Waals surface area contributed by atoms with E-state index in [1.165, 1.54) is 10.9 Å². The molecule has 21 heavy (non-hydrogen) atoms. The Hall–Kier alpha value is -2.02. The highest BCUT2D eigenvalue weighted by molar-refractivity contribution is 5.80. The molecule has 3 rings (SSSR count). The Bertz CT molecular complexity index is 686. The average molecular weight is 295 g/mol. The fraction of sp³-hybridized carbons (Fsp3) is 0.429. The van der Waals surface area contributed by atoms with Crippen LogP contribution in [-0.2, 0) is 16.1 Å². The predicted molar refractivity (Wildman–Crippen MR) is 71.6 cm³/mol. The second-order valence-corrected chi connectivity index (χ2v) is 5.15. The Labute approximate surface area is 120 Å². The highest BCUT2D eigenvalue weighted by atomic mass is 19.2. The molecule has 2 aromatic rings. The second-order valence-electron chi connectivity index (χ2n) is 5.15. The van der Waals surface area contributed by atoms with Crippen LogP contribution in [-0.4, -0.2) is 46.2 Å². The summed E-state index contributed by atoms with van der Waals surface area (Å²) in [6.07, 6.45) is 1.43. The van der Waals surface area contributed by atoms with Gasteiger partial charge in [0.2, 0.25) is 5.91 Å². The van der Waals surface area contributed by atoms with E-state index < -0.39 is 11.6 Å². The molecule has 1 saturated heterocycles. The first-order chi connectivity index (χ1) is 10.0. The molecule has 0 saturated carbocycles. The lowest BCUT2D eigenvalue weighted by atomic mass is 10.2. The summed E-state index contributed by atoms with van der Waals surface area (Å²) in [5.74, 6) is -1.98. The van der Waals surface area contributed by atoms with E-state index in [9.17, 15) is 13.6 Å². The van der Waals surface area contributed by atoms with Gasteiger partial charge in [0.25, 0.3) is 0 Å². The fourth-order valence-corrected chi connectivity index (χ4v) is 2.47.